The van der Waals surface area contributed by atoms with Gasteiger partial charge in [-0.1, -0.05) is 43.3 Å². The fourth-order valence-corrected chi connectivity index (χ4v) is 3.99. The van der Waals surface area contributed by atoms with Crippen molar-refractivity contribution in [1.82, 2.24) is 5.32 Å². The van der Waals surface area contributed by atoms with Crippen LogP contribution in [-0.2, 0) is 22.6 Å². The number of benzene rings is 3. The Morgan fingerprint density at radius 1 is 0.947 bits per heavy atom. The van der Waals surface area contributed by atoms with Gasteiger partial charge < -0.3 is 9.47 Å². The Balaban J connectivity index is 1.61. The zero-order valence-corrected chi connectivity index (χ0v) is 20.8. The van der Waals surface area contributed by atoms with E-state index < -0.39 is 22.8 Å². The first-order valence-electron chi connectivity index (χ1n) is 11.9. The van der Waals surface area contributed by atoms with Crippen molar-refractivity contribution in [3.8, 4) is 11.5 Å². The molecule has 1 aliphatic heterocycles. The second kappa shape index (κ2) is 11.4. The molecule has 1 aliphatic rings. The minimum Gasteiger partial charge on any atom is -0.490 e. The van der Waals surface area contributed by atoms with Crippen LogP contribution in [0.2, 0.25) is 0 Å². The average molecular weight is 516 g/mol. The molecule has 10 heteroatoms. The summed E-state index contributed by atoms with van der Waals surface area (Å²) in [4.78, 5) is 50.0. The number of anilines is 1. The van der Waals surface area contributed by atoms with E-state index in [2.05, 4.69) is 5.32 Å². The molecule has 4 rings (SSSR count). The van der Waals surface area contributed by atoms with Crippen LogP contribution in [0.1, 0.15) is 30.5 Å². The van der Waals surface area contributed by atoms with Crippen LogP contribution in [0.15, 0.2) is 72.3 Å². The molecule has 194 valence electrons. The maximum absolute atomic E-state index is 13.3. The van der Waals surface area contributed by atoms with Gasteiger partial charge in [-0.2, -0.15) is 0 Å². The molecule has 38 heavy (non-hydrogen) atoms. The Bertz CT molecular complexity index is 1450. The second-order valence-corrected chi connectivity index (χ2v) is 8.29. The van der Waals surface area contributed by atoms with E-state index >= 15 is 0 Å². The smallest absolute Gasteiger partial charge is 0.335 e. The van der Waals surface area contributed by atoms with Gasteiger partial charge in [0.05, 0.1) is 17.2 Å². The number of carbonyl (C=O) groups is 3. The first kappa shape index (κ1) is 26.1. The van der Waals surface area contributed by atoms with E-state index in [1.54, 1.807) is 49.4 Å². The van der Waals surface area contributed by atoms with E-state index in [0.29, 0.717) is 41.3 Å². The number of nitrogens with one attached hydrogen (secondary N) is 1. The number of nitro benzene ring substituents is 1. The lowest BCUT2D eigenvalue weighted by Gasteiger charge is -2.28. The third-order valence-corrected chi connectivity index (χ3v) is 5.81. The van der Waals surface area contributed by atoms with Crippen molar-refractivity contribution >= 4 is 35.3 Å². The second-order valence-electron chi connectivity index (χ2n) is 8.29. The first-order valence-corrected chi connectivity index (χ1v) is 11.9. The maximum atomic E-state index is 13.3. The first-order chi connectivity index (χ1) is 18.3. The van der Waals surface area contributed by atoms with Crippen molar-refractivity contribution in [3.05, 3.63) is 99.1 Å². The highest BCUT2D eigenvalue weighted by Gasteiger charge is 2.37. The van der Waals surface area contributed by atoms with Crippen molar-refractivity contribution < 1.29 is 28.8 Å². The van der Waals surface area contributed by atoms with E-state index in [9.17, 15) is 24.5 Å². The van der Waals surface area contributed by atoms with Gasteiger partial charge in [-0.3, -0.25) is 25.0 Å². The number of nitrogens with zero attached hydrogens (tertiary/aromatic N) is 2. The zero-order valence-electron chi connectivity index (χ0n) is 20.8. The number of para-hydroxylation sites is 1. The highest BCUT2D eigenvalue weighted by molar-refractivity contribution is 6.39. The molecular formula is C28H25N3O7. The Hall–Kier alpha value is -4.99. The van der Waals surface area contributed by atoms with Crippen molar-refractivity contribution in [1.29, 1.82) is 0 Å². The monoisotopic (exact) mass is 515 g/mol. The number of ether oxygens (including phenoxy) is 2. The fourth-order valence-electron chi connectivity index (χ4n) is 3.99. The Kier molecular flexibility index (Phi) is 7.81. The minimum absolute atomic E-state index is 0.0392. The molecule has 0 unspecified atom stereocenters. The van der Waals surface area contributed by atoms with Gasteiger partial charge in [0.15, 0.2) is 11.5 Å². The topological polar surface area (TPSA) is 128 Å². The summed E-state index contributed by atoms with van der Waals surface area (Å²) in [6.07, 6.45) is 1.98. The molecule has 1 N–H and O–H groups in total. The number of rotatable bonds is 9. The predicted octanol–water partition coefficient (Wildman–Crippen LogP) is 4.80. The Labute approximate surface area is 218 Å². The number of non-ortho nitro benzene ring substituents is 1. The van der Waals surface area contributed by atoms with E-state index in [0.717, 1.165) is 10.5 Å². The van der Waals surface area contributed by atoms with Crippen LogP contribution < -0.4 is 19.7 Å². The number of barbiturate groups is 1. The molecule has 0 spiro atoms. The normalized spacial score (nSPS) is 14.4. The third-order valence-electron chi connectivity index (χ3n) is 5.81. The summed E-state index contributed by atoms with van der Waals surface area (Å²) in [5.74, 6) is -0.786. The van der Waals surface area contributed by atoms with Gasteiger partial charge in [0.2, 0.25) is 0 Å². The third kappa shape index (κ3) is 5.54. The van der Waals surface area contributed by atoms with Gasteiger partial charge in [-0.05, 0) is 54.3 Å². The lowest BCUT2D eigenvalue weighted by atomic mass is 10.0. The number of amides is 4. The van der Waals surface area contributed by atoms with Gasteiger partial charge in [0.25, 0.3) is 17.5 Å². The number of carbonyl (C=O) groups excluding carboxylic acids is 3. The lowest BCUT2D eigenvalue weighted by molar-refractivity contribution is -0.384. The van der Waals surface area contributed by atoms with Crippen LogP contribution in [0, 0.1) is 10.1 Å². The SMILES string of the molecule is CCOc1cc(/C=C2/C(=O)NC(=O)N(c3ccccc3CC)C2=O)ccc1OCc1cccc([N+](=O)[O-])c1. The molecule has 0 aromatic heterocycles. The highest BCUT2D eigenvalue weighted by Crippen LogP contribution is 2.31. The standard InChI is InChI=1S/C28H25N3O7/c1-3-20-9-5-6-11-23(20)30-27(33)22(26(32)29-28(30)34)15-18-12-13-24(25(16-18)37-4-2)38-17-19-8-7-10-21(14-19)31(35)36/h5-16H,3-4,17H2,1-2H3,(H,29,32,34)/b22-15-. The molecule has 3 aromatic rings. The van der Waals surface area contributed by atoms with E-state index in [1.165, 1.54) is 18.2 Å². The number of hydrogen-bond acceptors (Lipinski definition) is 7. The van der Waals surface area contributed by atoms with Crippen LogP contribution in [0.5, 0.6) is 11.5 Å². The predicted molar refractivity (Wildman–Crippen MR) is 140 cm³/mol. The van der Waals surface area contributed by atoms with Gasteiger partial charge in [-0.15, -0.1) is 0 Å². The van der Waals surface area contributed by atoms with Crippen LogP contribution in [0.4, 0.5) is 16.2 Å². The Morgan fingerprint density at radius 2 is 1.74 bits per heavy atom. The van der Waals surface area contributed by atoms with Crippen molar-refractivity contribution in [3.63, 3.8) is 0 Å². The number of urea groups is 1. The maximum Gasteiger partial charge on any atom is 0.335 e. The molecule has 0 saturated carbocycles. The van der Waals surface area contributed by atoms with E-state index in [4.69, 9.17) is 9.47 Å². The zero-order chi connectivity index (χ0) is 27.2. The van der Waals surface area contributed by atoms with Gasteiger partial charge in [0.1, 0.15) is 12.2 Å². The van der Waals surface area contributed by atoms with Crippen LogP contribution in [-0.4, -0.2) is 29.4 Å². The van der Waals surface area contributed by atoms with Crippen LogP contribution in [0.25, 0.3) is 6.08 Å². The number of nitro groups is 1. The van der Waals surface area contributed by atoms with Crippen molar-refractivity contribution in [2.75, 3.05) is 11.5 Å². The van der Waals surface area contributed by atoms with Gasteiger partial charge >= 0.3 is 6.03 Å². The molecule has 1 heterocycles. The van der Waals surface area contributed by atoms with Gasteiger partial charge in [-0.25, -0.2) is 9.69 Å². The van der Waals surface area contributed by atoms with Crippen molar-refractivity contribution in [2.24, 2.45) is 0 Å². The molecule has 10 nitrogen and oxygen atoms in total. The minimum atomic E-state index is -0.807. The summed E-state index contributed by atoms with van der Waals surface area (Å²) in [5, 5.41) is 13.3. The summed E-state index contributed by atoms with van der Waals surface area (Å²) < 4.78 is 11.5. The highest BCUT2D eigenvalue weighted by atomic mass is 16.6. The molecule has 3 aromatic carbocycles. The van der Waals surface area contributed by atoms with Gasteiger partial charge in [0, 0.05) is 12.1 Å². The van der Waals surface area contributed by atoms with Crippen LogP contribution >= 0.6 is 0 Å². The summed E-state index contributed by atoms with van der Waals surface area (Å²) in [5.41, 5.74) is 2.04. The van der Waals surface area contributed by atoms with E-state index in [-0.39, 0.29) is 17.9 Å². The number of imide groups is 2. The summed E-state index contributed by atoms with van der Waals surface area (Å²) in [7, 11) is 0. The summed E-state index contributed by atoms with van der Waals surface area (Å²) >= 11 is 0. The number of hydrogen-bond donors (Lipinski definition) is 1. The average Bonchev–Trinajstić information content (AvgIpc) is 2.91. The molecule has 0 radical (unpaired) electrons. The molecule has 1 saturated heterocycles. The van der Waals surface area contributed by atoms with Crippen molar-refractivity contribution in [2.45, 2.75) is 26.9 Å². The number of aryl methyl sites for hydroxylation is 1. The summed E-state index contributed by atoms with van der Waals surface area (Å²) in [6.45, 7) is 4.09. The fraction of sp³-hybridized carbons (Fsp3) is 0.179. The summed E-state index contributed by atoms with van der Waals surface area (Å²) in [6, 6.07) is 17.2. The largest absolute Gasteiger partial charge is 0.490 e. The van der Waals surface area contributed by atoms with E-state index in [1.807, 2.05) is 19.1 Å². The van der Waals surface area contributed by atoms with Crippen LogP contribution in [0.3, 0.4) is 0 Å². The lowest BCUT2D eigenvalue weighted by Crippen LogP contribution is -2.54. The quantitative estimate of drug-likeness (QED) is 0.188. The molecular weight excluding hydrogens is 490 g/mol. The molecule has 4 amide bonds. The molecule has 0 bridgehead atoms. The molecule has 1 fully saturated rings. The molecule has 0 atom stereocenters. The molecule has 0 aliphatic carbocycles. The Morgan fingerprint density at radius 3 is 2.47 bits per heavy atom.